The minimum atomic E-state index is -1.18. The zero-order valence-electron chi connectivity index (χ0n) is 23.8. The van der Waals surface area contributed by atoms with Gasteiger partial charge >= 0.3 is 5.97 Å². The zero-order valence-corrected chi connectivity index (χ0v) is 23.8. The number of fused-ring (bicyclic) bond motifs is 2. The lowest BCUT2D eigenvalue weighted by atomic mass is 9.89. The molecule has 41 heavy (non-hydrogen) atoms. The molecule has 1 aliphatic rings. The number of aromatic nitrogens is 2. The fourth-order valence-electron chi connectivity index (χ4n) is 5.27. The highest BCUT2D eigenvalue weighted by molar-refractivity contribution is 6.00. The van der Waals surface area contributed by atoms with Crippen molar-refractivity contribution in [1.29, 1.82) is 0 Å². The van der Waals surface area contributed by atoms with Gasteiger partial charge in [0.15, 0.2) is 29.3 Å². The van der Waals surface area contributed by atoms with Crippen molar-refractivity contribution in [1.82, 2.24) is 9.55 Å². The van der Waals surface area contributed by atoms with E-state index in [2.05, 4.69) is 5.32 Å². The lowest BCUT2D eigenvalue weighted by Gasteiger charge is -2.30. The smallest absolute Gasteiger partial charge is 0.339 e. The molecule has 0 saturated heterocycles. The Morgan fingerprint density at radius 2 is 1.93 bits per heavy atom. The first-order valence-electron chi connectivity index (χ1n) is 13.3. The number of rotatable bonds is 6. The quantitative estimate of drug-likeness (QED) is 0.264. The summed E-state index contributed by atoms with van der Waals surface area (Å²) in [5.74, 6) is -2.94. The number of pyridine rings is 1. The summed E-state index contributed by atoms with van der Waals surface area (Å²) in [7, 11) is 1.28. The lowest BCUT2D eigenvalue weighted by Crippen LogP contribution is -2.29. The number of hydrogen-bond acceptors (Lipinski definition) is 6. The normalized spacial score (nSPS) is 13.9. The maximum Gasteiger partial charge on any atom is 0.339 e. The third-order valence-electron chi connectivity index (χ3n) is 7.07. The fourth-order valence-corrected chi connectivity index (χ4v) is 5.27. The number of carbonyl (C=O) groups is 1. The molecule has 1 aliphatic heterocycles. The zero-order chi connectivity index (χ0) is 29.6. The molecule has 0 radical (unpaired) electrons. The van der Waals surface area contributed by atoms with E-state index in [9.17, 15) is 13.6 Å². The summed E-state index contributed by atoms with van der Waals surface area (Å²) in [6, 6.07) is 7.16. The minimum absolute atomic E-state index is 0.00413. The predicted molar refractivity (Wildman–Crippen MR) is 150 cm³/mol. The van der Waals surface area contributed by atoms with Gasteiger partial charge < -0.3 is 24.1 Å². The largest absolute Gasteiger partial charge is 0.486 e. The van der Waals surface area contributed by atoms with E-state index in [0.717, 1.165) is 6.07 Å². The Morgan fingerprint density at radius 1 is 1.17 bits per heavy atom. The number of nitrogens with one attached hydrogen (secondary N) is 1. The summed E-state index contributed by atoms with van der Waals surface area (Å²) in [5.41, 5.74) is 2.97. The minimum Gasteiger partial charge on any atom is -0.486 e. The molecule has 216 valence electrons. The maximum absolute atomic E-state index is 15.5. The van der Waals surface area contributed by atoms with Gasteiger partial charge in [0.25, 0.3) is 0 Å². The summed E-state index contributed by atoms with van der Waals surface area (Å²) in [6.45, 7) is 9.86. The molecule has 2 aromatic heterocycles. The van der Waals surface area contributed by atoms with Crippen LogP contribution in [0.5, 0.6) is 5.75 Å². The van der Waals surface area contributed by atoms with Crippen LogP contribution in [0.2, 0.25) is 0 Å². The molecule has 7 nitrogen and oxygen atoms in total. The van der Waals surface area contributed by atoms with Crippen molar-refractivity contribution in [3.8, 4) is 16.9 Å². The molecule has 1 N–H and O–H groups in total. The average Bonchev–Trinajstić information content (AvgIpc) is 3.32. The van der Waals surface area contributed by atoms with Gasteiger partial charge in [-0.3, -0.25) is 0 Å². The third kappa shape index (κ3) is 5.24. The van der Waals surface area contributed by atoms with Crippen LogP contribution in [0.3, 0.4) is 0 Å². The van der Waals surface area contributed by atoms with Gasteiger partial charge in [-0.1, -0.05) is 12.1 Å². The Kier molecular flexibility index (Phi) is 7.46. The Balaban J connectivity index is 1.82. The van der Waals surface area contributed by atoms with Crippen LogP contribution < -0.4 is 10.1 Å². The molecule has 0 bridgehead atoms. The molecule has 0 aliphatic carbocycles. The van der Waals surface area contributed by atoms with Crippen molar-refractivity contribution >= 4 is 22.7 Å². The molecule has 0 fully saturated rings. The van der Waals surface area contributed by atoms with Gasteiger partial charge in [-0.2, -0.15) is 0 Å². The average molecular weight is 568 g/mol. The van der Waals surface area contributed by atoms with Crippen LogP contribution in [0, 0.1) is 31.3 Å². The van der Waals surface area contributed by atoms with E-state index in [-0.39, 0.29) is 17.9 Å². The highest BCUT2D eigenvalue weighted by Crippen LogP contribution is 2.46. The van der Waals surface area contributed by atoms with Crippen LogP contribution in [0.25, 0.3) is 22.2 Å². The summed E-state index contributed by atoms with van der Waals surface area (Å²) in [6.07, 6.45) is 0.524. The fraction of sp³-hybridized carbons (Fsp3) is 0.355. The van der Waals surface area contributed by atoms with E-state index in [1.165, 1.54) is 25.3 Å². The van der Waals surface area contributed by atoms with Gasteiger partial charge in [-0.05, 0) is 63.9 Å². The monoisotopic (exact) mass is 567 g/mol. The molecule has 1 unspecified atom stereocenters. The second kappa shape index (κ2) is 10.7. The van der Waals surface area contributed by atoms with Crippen molar-refractivity contribution in [3.63, 3.8) is 0 Å². The molecule has 5 rings (SSSR count). The summed E-state index contributed by atoms with van der Waals surface area (Å²) < 4.78 is 62.8. The molecular formula is C31H32F3N3O4. The molecule has 3 heterocycles. The topological polar surface area (TPSA) is 74.6 Å². The van der Waals surface area contributed by atoms with Crippen LogP contribution in [0.15, 0.2) is 36.5 Å². The highest BCUT2D eigenvalue weighted by atomic mass is 19.2. The number of methoxy groups -OCH3 is 1. The molecule has 10 heteroatoms. The lowest BCUT2D eigenvalue weighted by molar-refractivity contribution is -0.164. The van der Waals surface area contributed by atoms with Gasteiger partial charge in [-0.15, -0.1) is 0 Å². The van der Waals surface area contributed by atoms with Gasteiger partial charge in [0.1, 0.15) is 12.3 Å². The number of carbonyl (C=O) groups excluding carboxylic acids is 1. The Labute approximate surface area is 236 Å². The molecule has 2 aromatic carbocycles. The standard InChI is InChI=1S/C31H32F3N3O4/c1-16-20(14-22(33)27-26(16)35-11-13-40-27)24-19-10-12-37(15-18-8-7-9-21(32)25(18)34)29(19)36-17(2)23(24)28(30(38)39-6)41-31(3,4)5/h7-10,12,14,28,35H,11,13,15H2,1-6H3. The Hall–Kier alpha value is -4.05. The third-order valence-corrected chi connectivity index (χ3v) is 7.07. The highest BCUT2D eigenvalue weighted by Gasteiger charge is 2.35. The van der Waals surface area contributed by atoms with E-state index >= 15 is 4.39 Å². The molecular weight excluding hydrogens is 535 g/mol. The Bertz CT molecular complexity index is 1660. The van der Waals surface area contributed by atoms with Gasteiger partial charge in [-0.25, -0.2) is 22.9 Å². The number of anilines is 1. The number of halogens is 3. The van der Waals surface area contributed by atoms with Gasteiger partial charge in [0.2, 0.25) is 0 Å². The van der Waals surface area contributed by atoms with Crippen LogP contribution in [-0.2, 0) is 20.8 Å². The summed E-state index contributed by atoms with van der Waals surface area (Å²) >= 11 is 0. The van der Waals surface area contributed by atoms with Crippen LogP contribution in [-0.4, -0.2) is 41.4 Å². The molecule has 4 aromatic rings. The van der Waals surface area contributed by atoms with Crippen molar-refractivity contribution < 1.29 is 32.2 Å². The van der Waals surface area contributed by atoms with Crippen molar-refractivity contribution in [2.45, 2.75) is 52.9 Å². The van der Waals surface area contributed by atoms with Crippen molar-refractivity contribution in [2.75, 3.05) is 25.6 Å². The van der Waals surface area contributed by atoms with E-state index in [0.29, 0.717) is 57.8 Å². The molecule has 0 spiro atoms. The SMILES string of the molecule is COC(=O)C(OC(C)(C)C)c1c(C)nc2c(ccn2Cc2cccc(F)c2F)c1-c1cc(F)c2c(c1C)NCCO2. The number of benzene rings is 2. The second-order valence-electron chi connectivity index (χ2n) is 11.0. The van der Waals surface area contributed by atoms with E-state index in [4.69, 9.17) is 19.2 Å². The van der Waals surface area contributed by atoms with Crippen LogP contribution in [0.1, 0.15) is 49.3 Å². The first kappa shape index (κ1) is 28.5. The first-order valence-corrected chi connectivity index (χ1v) is 13.3. The number of ether oxygens (including phenoxy) is 3. The second-order valence-corrected chi connectivity index (χ2v) is 11.0. The van der Waals surface area contributed by atoms with Crippen molar-refractivity contribution in [3.05, 3.63) is 76.4 Å². The number of aryl methyl sites for hydroxylation is 1. The van der Waals surface area contributed by atoms with Gasteiger partial charge in [0, 0.05) is 40.5 Å². The van der Waals surface area contributed by atoms with Crippen molar-refractivity contribution in [2.24, 2.45) is 0 Å². The number of hydrogen-bond donors (Lipinski definition) is 1. The summed E-state index contributed by atoms with van der Waals surface area (Å²) in [5, 5.41) is 3.81. The molecule has 0 amide bonds. The van der Waals surface area contributed by atoms with E-state index < -0.39 is 35.1 Å². The summed E-state index contributed by atoms with van der Waals surface area (Å²) in [4.78, 5) is 18.0. The first-order chi connectivity index (χ1) is 19.4. The van der Waals surface area contributed by atoms with Crippen LogP contribution in [0.4, 0.5) is 18.9 Å². The Morgan fingerprint density at radius 3 is 2.63 bits per heavy atom. The number of esters is 1. The molecule has 1 atom stereocenters. The maximum atomic E-state index is 15.5. The van der Waals surface area contributed by atoms with Crippen LogP contribution >= 0.6 is 0 Å². The number of nitrogens with zero attached hydrogens (tertiary/aromatic N) is 2. The molecule has 0 saturated carbocycles. The van der Waals surface area contributed by atoms with E-state index in [1.807, 2.05) is 27.7 Å². The predicted octanol–water partition coefficient (Wildman–Crippen LogP) is 6.62. The van der Waals surface area contributed by atoms with Gasteiger partial charge in [0.05, 0.1) is 24.9 Å². The van der Waals surface area contributed by atoms with E-state index in [1.54, 1.807) is 23.8 Å².